The summed E-state index contributed by atoms with van der Waals surface area (Å²) in [6.45, 7) is 0.685. The number of nitrogens with two attached hydrogens (primary N) is 1. The highest BCUT2D eigenvalue weighted by atomic mass is 16.5. The Kier molecular flexibility index (Phi) is 4.15. The van der Waals surface area contributed by atoms with Gasteiger partial charge in [-0.25, -0.2) is 9.48 Å². The first-order chi connectivity index (χ1) is 9.20. The number of carbonyl (C=O) groups excluding carboxylic acids is 1. The van der Waals surface area contributed by atoms with E-state index in [-0.39, 0.29) is 18.1 Å². The van der Waals surface area contributed by atoms with Gasteiger partial charge in [0.05, 0.1) is 25.6 Å². The number of anilines is 1. The van der Waals surface area contributed by atoms with E-state index in [2.05, 4.69) is 9.84 Å². The van der Waals surface area contributed by atoms with Crippen LogP contribution in [0.5, 0.6) is 0 Å². The monoisotopic (exact) mass is 261 g/mol. The molecule has 1 aromatic carbocycles. The molecular formula is C13H15N3O3. The molecule has 0 aliphatic heterocycles. The third-order valence-corrected chi connectivity index (χ3v) is 2.50. The van der Waals surface area contributed by atoms with Gasteiger partial charge in [-0.15, -0.1) is 0 Å². The number of aromatic nitrogens is 2. The van der Waals surface area contributed by atoms with Gasteiger partial charge in [0.2, 0.25) is 0 Å². The largest absolute Gasteiger partial charge is 0.464 e. The van der Waals surface area contributed by atoms with Crippen LogP contribution < -0.4 is 5.73 Å². The molecule has 1 aromatic heterocycles. The molecule has 6 heteroatoms. The Morgan fingerprint density at radius 3 is 2.79 bits per heavy atom. The molecule has 2 N–H and O–H groups in total. The first kappa shape index (κ1) is 13.1. The van der Waals surface area contributed by atoms with E-state index in [9.17, 15) is 4.79 Å². The van der Waals surface area contributed by atoms with E-state index in [0.717, 1.165) is 5.56 Å². The highest BCUT2D eigenvalue weighted by Gasteiger charge is 2.14. The molecule has 19 heavy (non-hydrogen) atoms. The SMILES string of the molecule is COC(=O)c1nn(COCc2ccccc2)cc1N. The normalized spacial score (nSPS) is 10.4. The predicted octanol–water partition coefficient (Wildman–Crippen LogP) is 1.43. The van der Waals surface area contributed by atoms with Crippen molar-refractivity contribution in [3.8, 4) is 0 Å². The summed E-state index contributed by atoms with van der Waals surface area (Å²) in [5.74, 6) is -0.556. The van der Waals surface area contributed by atoms with Crippen LogP contribution in [0.15, 0.2) is 36.5 Å². The number of rotatable bonds is 5. The van der Waals surface area contributed by atoms with Gasteiger partial charge < -0.3 is 15.2 Å². The molecule has 0 radical (unpaired) electrons. The number of esters is 1. The number of carbonyl (C=O) groups is 1. The number of ether oxygens (including phenoxy) is 2. The van der Waals surface area contributed by atoms with Gasteiger partial charge in [0.25, 0.3) is 0 Å². The van der Waals surface area contributed by atoms with Crippen molar-refractivity contribution in [2.45, 2.75) is 13.3 Å². The standard InChI is InChI=1S/C13H15N3O3/c1-18-13(17)12-11(14)7-16(15-12)9-19-8-10-5-3-2-4-6-10/h2-7H,8-9,14H2,1H3. The van der Waals surface area contributed by atoms with Gasteiger partial charge in [-0.1, -0.05) is 30.3 Å². The quantitative estimate of drug-likeness (QED) is 0.823. The minimum absolute atomic E-state index is 0.103. The fourth-order valence-corrected chi connectivity index (χ4v) is 1.59. The van der Waals surface area contributed by atoms with E-state index >= 15 is 0 Å². The van der Waals surface area contributed by atoms with Crippen molar-refractivity contribution in [1.82, 2.24) is 9.78 Å². The van der Waals surface area contributed by atoms with Crippen LogP contribution in [0, 0.1) is 0 Å². The van der Waals surface area contributed by atoms with E-state index in [4.69, 9.17) is 10.5 Å². The number of methoxy groups -OCH3 is 1. The molecule has 0 fully saturated rings. The molecule has 0 saturated heterocycles. The van der Waals surface area contributed by atoms with Gasteiger partial charge >= 0.3 is 5.97 Å². The Labute approximate surface area is 110 Å². The van der Waals surface area contributed by atoms with E-state index in [0.29, 0.717) is 6.61 Å². The molecule has 2 rings (SSSR count). The third kappa shape index (κ3) is 3.32. The Hall–Kier alpha value is -2.34. The molecule has 0 atom stereocenters. The van der Waals surface area contributed by atoms with Crippen molar-refractivity contribution in [1.29, 1.82) is 0 Å². The predicted molar refractivity (Wildman–Crippen MR) is 69.2 cm³/mol. The van der Waals surface area contributed by atoms with E-state index in [1.807, 2.05) is 30.3 Å². The maximum atomic E-state index is 11.3. The Morgan fingerprint density at radius 2 is 2.11 bits per heavy atom. The topological polar surface area (TPSA) is 79.4 Å². The van der Waals surface area contributed by atoms with Gasteiger partial charge in [0.1, 0.15) is 6.73 Å². The molecule has 6 nitrogen and oxygen atoms in total. The number of nitrogens with zero attached hydrogens (tertiary/aromatic N) is 2. The Balaban J connectivity index is 1.92. The summed E-state index contributed by atoms with van der Waals surface area (Å²) in [6, 6.07) is 9.77. The molecule has 0 saturated carbocycles. The second-order valence-electron chi connectivity index (χ2n) is 3.93. The first-order valence-corrected chi connectivity index (χ1v) is 5.73. The van der Waals surface area contributed by atoms with Crippen LogP contribution >= 0.6 is 0 Å². The van der Waals surface area contributed by atoms with Gasteiger partial charge in [0, 0.05) is 0 Å². The van der Waals surface area contributed by atoms with Crippen LogP contribution in [0.4, 0.5) is 5.69 Å². The lowest BCUT2D eigenvalue weighted by Gasteiger charge is -2.04. The average Bonchev–Trinajstić information content (AvgIpc) is 2.80. The molecule has 0 aliphatic rings. The highest BCUT2D eigenvalue weighted by Crippen LogP contribution is 2.10. The summed E-state index contributed by atoms with van der Waals surface area (Å²) in [6.07, 6.45) is 1.54. The second kappa shape index (κ2) is 6.01. The lowest BCUT2D eigenvalue weighted by atomic mass is 10.2. The summed E-state index contributed by atoms with van der Waals surface area (Å²) >= 11 is 0. The van der Waals surface area contributed by atoms with E-state index in [1.165, 1.54) is 18.0 Å². The minimum Gasteiger partial charge on any atom is -0.464 e. The molecule has 1 heterocycles. The molecule has 0 unspecified atom stereocenters. The molecule has 0 aliphatic carbocycles. The third-order valence-electron chi connectivity index (χ3n) is 2.50. The number of benzene rings is 1. The summed E-state index contributed by atoms with van der Waals surface area (Å²) in [7, 11) is 1.28. The smallest absolute Gasteiger partial charge is 0.360 e. The van der Waals surface area contributed by atoms with Crippen LogP contribution in [0.3, 0.4) is 0 Å². The van der Waals surface area contributed by atoms with E-state index in [1.54, 1.807) is 0 Å². The maximum absolute atomic E-state index is 11.3. The van der Waals surface area contributed by atoms with Crippen molar-refractivity contribution < 1.29 is 14.3 Å². The van der Waals surface area contributed by atoms with Gasteiger partial charge in [0.15, 0.2) is 5.69 Å². The fraction of sp³-hybridized carbons (Fsp3) is 0.231. The lowest BCUT2D eigenvalue weighted by Crippen LogP contribution is -2.07. The number of hydrogen-bond donors (Lipinski definition) is 1. The fourth-order valence-electron chi connectivity index (χ4n) is 1.59. The maximum Gasteiger partial charge on any atom is 0.360 e. The van der Waals surface area contributed by atoms with Crippen LogP contribution in [-0.4, -0.2) is 22.9 Å². The average molecular weight is 261 g/mol. The molecule has 0 bridgehead atoms. The van der Waals surface area contributed by atoms with Crippen molar-refractivity contribution in [3.63, 3.8) is 0 Å². The zero-order valence-electron chi connectivity index (χ0n) is 10.6. The summed E-state index contributed by atoms with van der Waals surface area (Å²) in [4.78, 5) is 11.3. The molecule has 0 spiro atoms. The molecular weight excluding hydrogens is 246 g/mol. The van der Waals surface area contributed by atoms with Gasteiger partial charge in [-0.2, -0.15) is 5.10 Å². The molecule has 100 valence electrons. The van der Waals surface area contributed by atoms with Crippen LogP contribution in [-0.2, 0) is 22.8 Å². The van der Waals surface area contributed by atoms with E-state index < -0.39 is 5.97 Å². The Bertz CT molecular complexity index is 552. The number of nitrogen functional groups attached to an aromatic ring is 1. The van der Waals surface area contributed by atoms with Gasteiger partial charge in [-0.05, 0) is 5.56 Å². The van der Waals surface area contributed by atoms with Crippen LogP contribution in [0.1, 0.15) is 16.1 Å². The number of hydrogen-bond acceptors (Lipinski definition) is 5. The zero-order chi connectivity index (χ0) is 13.7. The van der Waals surface area contributed by atoms with Crippen molar-refractivity contribution >= 4 is 11.7 Å². The zero-order valence-corrected chi connectivity index (χ0v) is 10.6. The summed E-state index contributed by atoms with van der Waals surface area (Å²) in [5.41, 5.74) is 7.10. The van der Waals surface area contributed by atoms with Crippen LogP contribution in [0.2, 0.25) is 0 Å². The van der Waals surface area contributed by atoms with Crippen molar-refractivity contribution in [2.24, 2.45) is 0 Å². The van der Waals surface area contributed by atoms with Gasteiger partial charge in [-0.3, -0.25) is 0 Å². The van der Waals surface area contributed by atoms with Crippen molar-refractivity contribution in [3.05, 3.63) is 47.8 Å². The molecule has 2 aromatic rings. The first-order valence-electron chi connectivity index (χ1n) is 5.73. The lowest BCUT2D eigenvalue weighted by molar-refractivity contribution is 0.0527. The van der Waals surface area contributed by atoms with Crippen molar-refractivity contribution in [2.75, 3.05) is 12.8 Å². The van der Waals surface area contributed by atoms with Crippen LogP contribution in [0.25, 0.3) is 0 Å². The molecule has 0 amide bonds. The summed E-state index contributed by atoms with van der Waals surface area (Å²) < 4.78 is 11.5. The summed E-state index contributed by atoms with van der Waals surface area (Å²) in [5, 5.41) is 4.00. The Morgan fingerprint density at radius 1 is 1.37 bits per heavy atom. The minimum atomic E-state index is -0.556. The second-order valence-corrected chi connectivity index (χ2v) is 3.93. The highest BCUT2D eigenvalue weighted by molar-refractivity contribution is 5.92.